The van der Waals surface area contributed by atoms with Crippen molar-refractivity contribution in [1.82, 2.24) is 4.72 Å². The topological polar surface area (TPSA) is 92.7 Å². The fourth-order valence-electron chi connectivity index (χ4n) is 1.73. The van der Waals surface area contributed by atoms with Gasteiger partial charge in [0.25, 0.3) is 0 Å². The Kier molecular flexibility index (Phi) is 7.54. The maximum atomic E-state index is 11.8. The molecule has 114 valence electrons. The summed E-state index contributed by atoms with van der Waals surface area (Å²) in [6.45, 7) is 8.17. The molecule has 1 atom stereocenters. The molecule has 0 spiro atoms. The zero-order valence-electron chi connectivity index (χ0n) is 12.1. The van der Waals surface area contributed by atoms with Crippen molar-refractivity contribution in [3.63, 3.8) is 0 Å². The van der Waals surface area contributed by atoms with Crippen LogP contribution in [0.5, 0.6) is 0 Å². The van der Waals surface area contributed by atoms with Crippen molar-refractivity contribution >= 4 is 16.0 Å². The predicted octanol–water partition coefficient (Wildman–Crippen LogP) is 1.22. The van der Waals surface area contributed by atoms with Crippen LogP contribution in [0.3, 0.4) is 0 Å². The van der Waals surface area contributed by atoms with Gasteiger partial charge >= 0.3 is 5.97 Å². The summed E-state index contributed by atoms with van der Waals surface area (Å²) in [5.74, 6) is -1.16. The molecule has 0 amide bonds. The Morgan fingerprint density at radius 3 is 2.37 bits per heavy atom. The van der Waals surface area contributed by atoms with Crippen LogP contribution in [0.25, 0.3) is 0 Å². The fraction of sp³-hybridized carbons (Fsp3) is 0.917. The fourth-order valence-corrected chi connectivity index (χ4v) is 2.86. The van der Waals surface area contributed by atoms with Gasteiger partial charge in [-0.2, -0.15) is 0 Å². The highest BCUT2D eigenvalue weighted by molar-refractivity contribution is 7.89. The number of carboxylic acid groups (broad SMARTS) is 1. The zero-order chi connectivity index (χ0) is 15.1. The Balaban J connectivity index is 4.57. The second kappa shape index (κ2) is 7.81. The highest BCUT2D eigenvalue weighted by atomic mass is 32.2. The molecule has 0 aliphatic heterocycles. The number of nitrogens with one attached hydrogen (secondary N) is 1. The largest absolute Gasteiger partial charge is 0.481 e. The van der Waals surface area contributed by atoms with Crippen LogP contribution >= 0.6 is 0 Å². The molecule has 7 heteroatoms. The second-order valence-electron chi connectivity index (χ2n) is 5.69. The van der Waals surface area contributed by atoms with Crippen molar-refractivity contribution < 1.29 is 23.1 Å². The first-order valence-electron chi connectivity index (χ1n) is 6.35. The van der Waals surface area contributed by atoms with Gasteiger partial charge < -0.3 is 9.84 Å². The molecule has 2 N–H and O–H groups in total. The standard InChI is InChI=1S/C12H25NO5S/c1-5-18-6-7-19(16,17)13-10(8-11(14)15)9-12(2,3)4/h10,13H,5-9H2,1-4H3,(H,14,15). The lowest BCUT2D eigenvalue weighted by Crippen LogP contribution is -2.40. The first kappa shape index (κ1) is 18.3. The van der Waals surface area contributed by atoms with E-state index in [1.807, 2.05) is 20.8 Å². The van der Waals surface area contributed by atoms with E-state index in [1.165, 1.54) is 0 Å². The van der Waals surface area contributed by atoms with E-state index >= 15 is 0 Å². The van der Waals surface area contributed by atoms with Crippen molar-refractivity contribution in [3.05, 3.63) is 0 Å². The van der Waals surface area contributed by atoms with Crippen LogP contribution in [0.2, 0.25) is 0 Å². The van der Waals surface area contributed by atoms with E-state index in [1.54, 1.807) is 6.92 Å². The monoisotopic (exact) mass is 295 g/mol. The van der Waals surface area contributed by atoms with Crippen molar-refractivity contribution in [1.29, 1.82) is 0 Å². The van der Waals surface area contributed by atoms with Crippen LogP contribution < -0.4 is 4.72 Å². The third-order valence-electron chi connectivity index (χ3n) is 2.33. The molecule has 0 saturated heterocycles. The number of hydrogen-bond donors (Lipinski definition) is 2. The summed E-state index contributed by atoms with van der Waals surface area (Å²) >= 11 is 0. The Morgan fingerprint density at radius 1 is 1.37 bits per heavy atom. The van der Waals surface area contributed by atoms with E-state index in [9.17, 15) is 13.2 Å². The van der Waals surface area contributed by atoms with E-state index in [0.29, 0.717) is 13.0 Å². The van der Waals surface area contributed by atoms with Crippen LogP contribution in [0, 0.1) is 5.41 Å². The van der Waals surface area contributed by atoms with Gasteiger partial charge in [-0.1, -0.05) is 20.8 Å². The molecule has 0 aromatic heterocycles. The summed E-state index contributed by atoms with van der Waals surface area (Å²) in [7, 11) is -3.51. The minimum atomic E-state index is -3.51. The van der Waals surface area contributed by atoms with Crippen molar-refractivity contribution in [2.45, 2.75) is 46.6 Å². The molecule has 0 saturated carbocycles. The van der Waals surface area contributed by atoms with Gasteiger partial charge in [0.2, 0.25) is 10.0 Å². The molecule has 0 radical (unpaired) electrons. The van der Waals surface area contributed by atoms with E-state index in [-0.39, 0.29) is 24.2 Å². The van der Waals surface area contributed by atoms with E-state index in [0.717, 1.165) is 0 Å². The predicted molar refractivity (Wildman–Crippen MR) is 73.5 cm³/mol. The average Bonchev–Trinajstić information content (AvgIpc) is 2.12. The molecule has 0 aliphatic carbocycles. The highest BCUT2D eigenvalue weighted by Gasteiger charge is 2.25. The minimum absolute atomic E-state index is 0.112. The number of aliphatic carboxylic acids is 1. The van der Waals surface area contributed by atoms with Crippen molar-refractivity contribution in [2.24, 2.45) is 5.41 Å². The van der Waals surface area contributed by atoms with E-state index in [4.69, 9.17) is 9.84 Å². The summed E-state index contributed by atoms with van der Waals surface area (Å²) in [6, 6.07) is -0.593. The van der Waals surface area contributed by atoms with Gasteiger partial charge in [-0.25, -0.2) is 13.1 Å². The maximum absolute atomic E-state index is 11.8. The molecule has 1 unspecified atom stereocenters. The maximum Gasteiger partial charge on any atom is 0.304 e. The van der Waals surface area contributed by atoms with Gasteiger partial charge in [0.1, 0.15) is 0 Å². The van der Waals surface area contributed by atoms with Crippen LogP contribution in [-0.2, 0) is 19.6 Å². The quantitative estimate of drug-likeness (QED) is 0.624. The SMILES string of the molecule is CCOCCS(=O)(=O)NC(CC(=O)O)CC(C)(C)C. The van der Waals surface area contributed by atoms with Gasteiger partial charge in [0.05, 0.1) is 18.8 Å². The van der Waals surface area contributed by atoms with Gasteiger partial charge in [0.15, 0.2) is 0 Å². The number of ether oxygens (including phenoxy) is 1. The number of carboxylic acids is 1. The van der Waals surface area contributed by atoms with Gasteiger partial charge in [0, 0.05) is 12.6 Å². The highest BCUT2D eigenvalue weighted by Crippen LogP contribution is 2.22. The second-order valence-corrected chi connectivity index (χ2v) is 7.57. The summed E-state index contributed by atoms with van der Waals surface area (Å²) < 4.78 is 31.0. The molecule has 0 aliphatic rings. The molecule has 0 fully saturated rings. The van der Waals surface area contributed by atoms with Crippen LogP contribution in [-0.4, -0.2) is 44.5 Å². The van der Waals surface area contributed by atoms with Crippen molar-refractivity contribution in [3.8, 4) is 0 Å². The molecule has 0 aromatic rings. The lowest BCUT2D eigenvalue weighted by molar-refractivity contribution is -0.137. The molecular formula is C12H25NO5S. The summed E-state index contributed by atoms with van der Waals surface area (Å²) in [5, 5.41) is 8.83. The third kappa shape index (κ3) is 10.9. The molecule has 19 heavy (non-hydrogen) atoms. The number of sulfonamides is 1. The summed E-state index contributed by atoms with van der Waals surface area (Å²) in [5.41, 5.74) is -0.150. The lowest BCUT2D eigenvalue weighted by atomic mass is 9.87. The van der Waals surface area contributed by atoms with E-state index < -0.39 is 22.0 Å². The summed E-state index contributed by atoms with van der Waals surface area (Å²) in [4.78, 5) is 10.8. The van der Waals surface area contributed by atoms with Crippen LogP contribution in [0.1, 0.15) is 40.5 Å². The summed E-state index contributed by atoms with van der Waals surface area (Å²) in [6.07, 6.45) is 0.248. The molecule has 0 aromatic carbocycles. The van der Waals surface area contributed by atoms with Crippen LogP contribution in [0.15, 0.2) is 0 Å². The Morgan fingerprint density at radius 2 is 1.95 bits per heavy atom. The molecular weight excluding hydrogens is 270 g/mol. The number of carbonyl (C=O) groups is 1. The minimum Gasteiger partial charge on any atom is -0.481 e. The van der Waals surface area contributed by atoms with E-state index in [2.05, 4.69) is 4.72 Å². The third-order valence-corrected chi connectivity index (χ3v) is 3.72. The molecule has 0 bridgehead atoms. The van der Waals surface area contributed by atoms with Gasteiger partial charge in [-0.05, 0) is 18.8 Å². The normalized spacial score (nSPS) is 14.3. The van der Waals surface area contributed by atoms with Gasteiger partial charge in [-0.3, -0.25) is 4.79 Å². The van der Waals surface area contributed by atoms with Crippen molar-refractivity contribution in [2.75, 3.05) is 19.0 Å². The Bertz CT molecular complexity index is 372. The number of rotatable bonds is 9. The number of hydrogen-bond acceptors (Lipinski definition) is 4. The van der Waals surface area contributed by atoms with Gasteiger partial charge in [-0.15, -0.1) is 0 Å². The zero-order valence-corrected chi connectivity index (χ0v) is 12.9. The average molecular weight is 295 g/mol. The Hall–Kier alpha value is -0.660. The first-order valence-corrected chi connectivity index (χ1v) is 8.00. The molecule has 0 rings (SSSR count). The molecule has 6 nitrogen and oxygen atoms in total. The first-order chi connectivity index (χ1) is 8.56. The molecule has 0 heterocycles. The smallest absolute Gasteiger partial charge is 0.304 e. The van der Waals surface area contributed by atoms with Crippen LogP contribution in [0.4, 0.5) is 0 Å². The lowest BCUT2D eigenvalue weighted by Gasteiger charge is -2.25. The Labute approximate surface area is 115 Å².